The van der Waals surface area contributed by atoms with Crippen LogP contribution in [0.4, 0.5) is 0 Å². The third-order valence-corrected chi connectivity index (χ3v) is 1.42. The molecule has 0 spiro atoms. The standard InChI is InChI=1S/C8H10N2O2/c1-5(2)7-8(12)10-4-6(11)3-9-7/h3-5,11H,1-2H3. The van der Waals surface area contributed by atoms with Crippen molar-refractivity contribution in [3.63, 3.8) is 0 Å². The van der Waals surface area contributed by atoms with Gasteiger partial charge in [0.2, 0.25) is 0 Å². The van der Waals surface area contributed by atoms with E-state index < -0.39 is 0 Å². The van der Waals surface area contributed by atoms with Gasteiger partial charge in [0.25, 0.3) is 5.56 Å². The Balaban J connectivity index is 3.34. The summed E-state index contributed by atoms with van der Waals surface area (Å²) in [4.78, 5) is 18.4. The molecule has 0 radical (unpaired) electrons. The molecule has 1 aromatic rings. The van der Waals surface area contributed by atoms with Crippen LogP contribution in [0.1, 0.15) is 25.5 Å². The van der Waals surface area contributed by atoms with E-state index in [4.69, 9.17) is 5.11 Å². The molecule has 0 unspecified atom stereocenters. The lowest BCUT2D eigenvalue weighted by Crippen LogP contribution is -2.11. The van der Waals surface area contributed by atoms with E-state index in [-0.39, 0.29) is 17.2 Å². The molecule has 12 heavy (non-hydrogen) atoms. The molecule has 0 saturated heterocycles. The summed E-state index contributed by atoms with van der Waals surface area (Å²) in [6.45, 7) is 3.70. The topological polar surface area (TPSA) is 63.1 Å². The lowest BCUT2D eigenvalue weighted by Gasteiger charge is -1.95. The first-order chi connectivity index (χ1) is 5.61. The van der Waals surface area contributed by atoms with Crippen molar-refractivity contribution in [2.24, 2.45) is 0 Å². The monoisotopic (exact) mass is 166 g/mol. The van der Waals surface area contributed by atoms with Crippen molar-refractivity contribution in [2.45, 2.75) is 19.8 Å². The zero-order chi connectivity index (χ0) is 9.14. The highest BCUT2D eigenvalue weighted by molar-refractivity contribution is 5.11. The Morgan fingerprint density at radius 3 is 2.50 bits per heavy atom. The fourth-order valence-electron chi connectivity index (χ4n) is 0.811. The van der Waals surface area contributed by atoms with Gasteiger partial charge in [-0.3, -0.25) is 9.78 Å². The highest BCUT2D eigenvalue weighted by atomic mass is 16.3. The van der Waals surface area contributed by atoms with E-state index in [1.165, 1.54) is 6.20 Å². The maximum atomic E-state index is 11.1. The number of hydrogen-bond acceptors (Lipinski definition) is 4. The first kappa shape index (κ1) is 8.64. The van der Waals surface area contributed by atoms with Crippen LogP contribution in [-0.2, 0) is 0 Å². The second-order valence-corrected chi connectivity index (χ2v) is 2.79. The minimum Gasteiger partial charge on any atom is -0.505 e. The van der Waals surface area contributed by atoms with E-state index in [9.17, 15) is 4.79 Å². The van der Waals surface area contributed by atoms with Crippen LogP contribution >= 0.6 is 0 Å². The van der Waals surface area contributed by atoms with Gasteiger partial charge in [-0.15, -0.1) is 0 Å². The van der Waals surface area contributed by atoms with Gasteiger partial charge in [0.1, 0.15) is 5.69 Å². The maximum Gasteiger partial charge on any atom is 0.291 e. The van der Waals surface area contributed by atoms with E-state index in [0.717, 1.165) is 6.20 Å². The van der Waals surface area contributed by atoms with Crippen molar-refractivity contribution < 1.29 is 5.11 Å². The number of aromatic nitrogens is 2. The summed E-state index contributed by atoms with van der Waals surface area (Å²) in [5, 5.41) is 8.96. The molecule has 1 aromatic heterocycles. The summed E-state index contributed by atoms with van der Waals surface area (Å²) in [5.74, 6) is -0.0733. The van der Waals surface area contributed by atoms with Crippen molar-refractivity contribution in [3.05, 3.63) is 28.4 Å². The Labute approximate surface area is 69.9 Å². The molecule has 0 bridgehead atoms. The second kappa shape index (κ2) is 3.30. The molecule has 4 nitrogen and oxygen atoms in total. The summed E-state index contributed by atoms with van der Waals surface area (Å²) in [6, 6.07) is 0. The van der Waals surface area contributed by atoms with Gasteiger partial charge in [0, 0.05) is 5.92 Å². The van der Waals surface area contributed by atoms with Crippen LogP contribution in [0.25, 0.3) is 0 Å². The van der Waals surface area contributed by atoms with Gasteiger partial charge >= 0.3 is 0 Å². The average molecular weight is 166 g/mol. The van der Waals surface area contributed by atoms with E-state index >= 15 is 0 Å². The summed E-state index contributed by atoms with van der Waals surface area (Å²) in [7, 11) is 0. The molecule has 0 aromatic carbocycles. The van der Waals surface area contributed by atoms with Crippen molar-refractivity contribution in [2.75, 3.05) is 0 Å². The predicted octanol–water partition coefficient (Wildman–Crippen LogP) is 0.666. The van der Waals surface area contributed by atoms with Crippen LogP contribution in [0.2, 0.25) is 0 Å². The maximum absolute atomic E-state index is 11.1. The zero-order valence-corrected chi connectivity index (χ0v) is 6.98. The van der Waals surface area contributed by atoms with Crippen LogP contribution in [-0.4, -0.2) is 15.1 Å². The zero-order valence-electron chi connectivity index (χ0n) is 6.98. The van der Waals surface area contributed by atoms with Gasteiger partial charge in [-0.1, -0.05) is 13.8 Å². The first-order valence-corrected chi connectivity index (χ1v) is 3.66. The molecular weight excluding hydrogens is 156 g/mol. The van der Waals surface area contributed by atoms with Crippen LogP contribution in [0.15, 0.2) is 17.2 Å². The van der Waals surface area contributed by atoms with Crippen LogP contribution < -0.4 is 5.56 Å². The first-order valence-electron chi connectivity index (χ1n) is 3.66. The highest BCUT2D eigenvalue weighted by Gasteiger charge is 2.04. The third kappa shape index (κ3) is 1.78. The molecule has 0 fully saturated rings. The van der Waals surface area contributed by atoms with Crippen molar-refractivity contribution in [1.29, 1.82) is 0 Å². The lowest BCUT2D eigenvalue weighted by atomic mass is 10.1. The minimum atomic E-state index is -0.384. The fraction of sp³-hybridized carbons (Fsp3) is 0.375. The third-order valence-electron chi connectivity index (χ3n) is 1.42. The molecule has 4 heteroatoms. The van der Waals surface area contributed by atoms with E-state index in [2.05, 4.69) is 9.97 Å². The Kier molecular flexibility index (Phi) is 2.38. The minimum absolute atomic E-state index is 0.0248. The Morgan fingerprint density at radius 1 is 1.33 bits per heavy atom. The van der Waals surface area contributed by atoms with Gasteiger partial charge in [-0.2, -0.15) is 0 Å². The van der Waals surface area contributed by atoms with Gasteiger partial charge < -0.3 is 5.11 Å². The molecule has 0 aliphatic rings. The molecule has 1 rings (SSSR count). The lowest BCUT2D eigenvalue weighted by molar-refractivity contribution is 0.471. The van der Waals surface area contributed by atoms with E-state index in [0.29, 0.717) is 5.69 Å². The summed E-state index contributed by atoms with van der Waals surface area (Å²) < 4.78 is 0. The smallest absolute Gasteiger partial charge is 0.291 e. The fourth-order valence-corrected chi connectivity index (χ4v) is 0.811. The molecule has 0 aliphatic heterocycles. The molecule has 1 heterocycles. The molecule has 0 aliphatic carbocycles. The summed E-state index contributed by atoms with van der Waals surface area (Å²) >= 11 is 0. The van der Waals surface area contributed by atoms with Gasteiger partial charge in [-0.05, 0) is 0 Å². The summed E-state index contributed by atoms with van der Waals surface area (Å²) in [5.41, 5.74) is -0.0133. The quantitative estimate of drug-likeness (QED) is 0.665. The highest BCUT2D eigenvalue weighted by Crippen LogP contribution is 2.06. The Bertz CT molecular complexity index is 336. The van der Waals surface area contributed by atoms with E-state index in [1.807, 2.05) is 13.8 Å². The SMILES string of the molecule is CC(C)c1ncc(O)cnc1=O. The van der Waals surface area contributed by atoms with Crippen molar-refractivity contribution in [1.82, 2.24) is 9.97 Å². The molecule has 1 N–H and O–H groups in total. The largest absolute Gasteiger partial charge is 0.505 e. The van der Waals surface area contributed by atoms with Crippen molar-refractivity contribution in [3.8, 4) is 5.75 Å². The molecule has 0 atom stereocenters. The Morgan fingerprint density at radius 2 is 1.92 bits per heavy atom. The van der Waals surface area contributed by atoms with Crippen LogP contribution in [0.5, 0.6) is 5.75 Å². The number of rotatable bonds is 1. The van der Waals surface area contributed by atoms with Crippen LogP contribution in [0, 0.1) is 0 Å². The number of hydrogen-bond donors (Lipinski definition) is 1. The van der Waals surface area contributed by atoms with Gasteiger partial charge in [0.05, 0.1) is 12.4 Å². The Hall–Kier alpha value is -1.45. The molecular formula is C8H10N2O2. The summed E-state index contributed by atoms with van der Waals surface area (Å²) in [6.07, 6.45) is 2.32. The molecule has 0 saturated carbocycles. The molecule has 64 valence electrons. The van der Waals surface area contributed by atoms with Gasteiger partial charge in [0.15, 0.2) is 5.75 Å². The van der Waals surface area contributed by atoms with E-state index in [1.54, 1.807) is 0 Å². The van der Waals surface area contributed by atoms with Crippen LogP contribution in [0.3, 0.4) is 0 Å². The molecule has 0 amide bonds. The second-order valence-electron chi connectivity index (χ2n) is 2.79. The van der Waals surface area contributed by atoms with Gasteiger partial charge in [-0.25, -0.2) is 4.98 Å². The normalized spacial score (nSPS) is 10.2. The van der Waals surface area contributed by atoms with Crippen molar-refractivity contribution >= 4 is 0 Å². The number of nitrogens with zero attached hydrogens (tertiary/aromatic N) is 2. The number of aromatic hydroxyl groups is 1. The predicted molar refractivity (Wildman–Crippen MR) is 44.1 cm³/mol. The average Bonchev–Trinajstić information content (AvgIpc) is 2.14.